The zero-order valence-electron chi connectivity index (χ0n) is 6.40. The monoisotopic (exact) mass is 243 g/mol. The summed E-state index contributed by atoms with van der Waals surface area (Å²) in [5.41, 5.74) is -0.816. The zero-order chi connectivity index (χ0) is 10.9. The Labute approximate surface area is 86.6 Å². The topological polar surface area (TPSA) is 30.0 Å². The van der Waals surface area contributed by atoms with Crippen LogP contribution in [0.2, 0.25) is 10.2 Å². The van der Waals surface area contributed by atoms with E-state index in [0.717, 1.165) is 12.3 Å². The summed E-state index contributed by atoms with van der Waals surface area (Å²) in [7, 11) is 0. The number of rotatable bonds is 1. The van der Waals surface area contributed by atoms with E-state index in [0.29, 0.717) is 0 Å². The molecule has 0 saturated heterocycles. The van der Waals surface area contributed by atoms with Gasteiger partial charge in [0.15, 0.2) is 0 Å². The molecule has 0 aliphatic heterocycles. The first-order valence-electron chi connectivity index (χ1n) is 3.25. The van der Waals surface area contributed by atoms with E-state index in [1.807, 2.05) is 0 Å². The van der Waals surface area contributed by atoms with Gasteiger partial charge in [0.1, 0.15) is 5.15 Å². The van der Waals surface area contributed by atoms with Crippen LogP contribution in [0.4, 0.5) is 13.2 Å². The normalized spacial score (nSPS) is 11.5. The van der Waals surface area contributed by atoms with E-state index in [-0.39, 0.29) is 5.02 Å². The van der Waals surface area contributed by atoms with E-state index >= 15 is 0 Å². The molecule has 0 aliphatic carbocycles. The lowest BCUT2D eigenvalue weighted by atomic mass is 10.2. The van der Waals surface area contributed by atoms with Crippen molar-refractivity contribution in [2.75, 3.05) is 0 Å². The Morgan fingerprint density at radius 3 is 2.36 bits per heavy atom. The molecule has 1 rings (SSSR count). The summed E-state index contributed by atoms with van der Waals surface area (Å²) >= 11 is 10.7. The highest BCUT2D eigenvalue weighted by Gasteiger charge is 2.41. The van der Waals surface area contributed by atoms with Crippen molar-refractivity contribution in [1.29, 1.82) is 0 Å². The van der Waals surface area contributed by atoms with Gasteiger partial charge in [0.25, 0.3) is 5.78 Å². The highest BCUT2D eigenvalue weighted by Crippen LogP contribution is 2.29. The largest absolute Gasteiger partial charge is 0.455 e. The van der Waals surface area contributed by atoms with Gasteiger partial charge in [0, 0.05) is 6.20 Å². The van der Waals surface area contributed by atoms with Crippen LogP contribution < -0.4 is 0 Å². The molecule has 0 atom stereocenters. The van der Waals surface area contributed by atoms with Crippen LogP contribution in [-0.4, -0.2) is 16.9 Å². The second-order valence-corrected chi connectivity index (χ2v) is 3.05. The van der Waals surface area contributed by atoms with Gasteiger partial charge in [-0.1, -0.05) is 23.2 Å². The Morgan fingerprint density at radius 1 is 1.36 bits per heavy atom. The molecule has 0 amide bonds. The van der Waals surface area contributed by atoms with Crippen molar-refractivity contribution in [2.24, 2.45) is 0 Å². The summed E-state index contributed by atoms with van der Waals surface area (Å²) in [6, 6.07) is 1.06. The Kier molecular flexibility index (Phi) is 3.01. The van der Waals surface area contributed by atoms with Gasteiger partial charge in [-0.2, -0.15) is 13.2 Å². The lowest BCUT2D eigenvalue weighted by molar-refractivity contribution is -0.0885. The number of ketones is 1. The lowest BCUT2D eigenvalue weighted by Crippen LogP contribution is -2.23. The van der Waals surface area contributed by atoms with E-state index in [1.165, 1.54) is 0 Å². The molecule has 14 heavy (non-hydrogen) atoms. The molecule has 0 bridgehead atoms. The van der Waals surface area contributed by atoms with Gasteiger partial charge in [0.2, 0.25) is 0 Å². The maximum Gasteiger partial charge on any atom is 0.455 e. The standard InChI is InChI=1S/C7H2Cl2F3NO/c8-3-1-2-13-6(9)4(3)5(14)7(10,11)12/h1-2H. The minimum Gasteiger partial charge on any atom is -0.284 e. The van der Waals surface area contributed by atoms with Crippen LogP contribution in [0.5, 0.6) is 0 Å². The summed E-state index contributed by atoms with van der Waals surface area (Å²) in [5.74, 6) is -2.10. The number of carbonyl (C=O) groups excluding carboxylic acids is 1. The number of hydrogen-bond acceptors (Lipinski definition) is 2. The SMILES string of the molecule is O=C(c1c(Cl)ccnc1Cl)C(F)(F)F. The molecular weight excluding hydrogens is 242 g/mol. The number of nitrogens with zero attached hydrogens (tertiary/aromatic N) is 1. The minimum absolute atomic E-state index is 0.368. The molecule has 0 fully saturated rings. The van der Waals surface area contributed by atoms with E-state index in [1.54, 1.807) is 0 Å². The number of alkyl halides is 3. The van der Waals surface area contributed by atoms with Crippen LogP contribution in [0.25, 0.3) is 0 Å². The summed E-state index contributed by atoms with van der Waals surface area (Å²) < 4.78 is 36.0. The third kappa shape index (κ3) is 2.16. The third-order valence-electron chi connectivity index (χ3n) is 1.34. The number of pyridine rings is 1. The van der Waals surface area contributed by atoms with Gasteiger partial charge in [-0.3, -0.25) is 4.79 Å². The Bertz CT molecular complexity index is 357. The molecule has 1 heterocycles. The van der Waals surface area contributed by atoms with E-state index in [9.17, 15) is 18.0 Å². The number of hydrogen-bond donors (Lipinski definition) is 0. The quantitative estimate of drug-likeness (QED) is 0.561. The average molecular weight is 244 g/mol. The third-order valence-corrected chi connectivity index (χ3v) is 1.94. The second-order valence-electron chi connectivity index (χ2n) is 2.29. The van der Waals surface area contributed by atoms with Crippen LogP contribution in [-0.2, 0) is 0 Å². The highest BCUT2D eigenvalue weighted by atomic mass is 35.5. The van der Waals surface area contributed by atoms with Crippen LogP contribution >= 0.6 is 23.2 Å². The van der Waals surface area contributed by atoms with Gasteiger partial charge in [-0.25, -0.2) is 4.98 Å². The fraction of sp³-hybridized carbons (Fsp3) is 0.143. The smallest absolute Gasteiger partial charge is 0.284 e. The van der Waals surface area contributed by atoms with E-state index in [2.05, 4.69) is 4.98 Å². The molecule has 0 unspecified atom stereocenters. The molecule has 1 aromatic rings. The van der Waals surface area contributed by atoms with Gasteiger partial charge >= 0.3 is 6.18 Å². The van der Waals surface area contributed by atoms with Gasteiger partial charge < -0.3 is 0 Å². The van der Waals surface area contributed by atoms with Crippen LogP contribution in [0, 0.1) is 0 Å². The number of carbonyl (C=O) groups is 1. The van der Waals surface area contributed by atoms with Crippen molar-refractivity contribution in [2.45, 2.75) is 6.18 Å². The lowest BCUT2D eigenvalue weighted by Gasteiger charge is -2.07. The number of Topliss-reactive ketones (excluding diaryl/α,β-unsaturated/α-hetero) is 1. The Morgan fingerprint density at radius 2 is 1.93 bits per heavy atom. The fourth-order valence-corrected chi connectivity index (χ4v) is 1.28. The fourth-order valence-electron chi connectivity index (χ4n) is 0.758. The molecule has 76 valence electrons. The predicted octanol–water partition coefficient (Wildman–Crippen LogP) is 3.13. The van der Waals surface area contributed by atoms with Crippen molar-refractivity contribution < 1.29 is 18.0 Å². The molecule has 0 saturated carbocycles. The van der Waals surface area contributed by atoms with Crippen molar-refractivity contribution in [3.8, 4) is 0 Å². The molecule has 1 aromatic heterocycles. The molecular formula is C7H2Cl2F3NO. The van der Waals surface area contributed by atoms with Gasteiger partial charge in [-0.15, -0.1) is 0 Å². The van der Waals surface area contributed by atoms with Crippen LogP contribution in [0.1, 0.15) is 10.4 Å². The number of aromatic nitrogens is 1. The van der Waals surface area contributed by atoms with Crippen LogP contribution in [0.15, 0.2) is 12.3 Å². The Hall–Kier alpha value is -0.810. The first-order valence-corrected chi connectivity index (χ1v) is 4.01. The maximum absolute atomic E-state index is 12.0. The minimum atomic E-state index is -5.00. The molecule has 0 radical (unpaired) electrons. The molecule has 0 spiro atoms. The molecule has 0 aliphatic rings. The van der Waals surface area contributed by atoms with Crippen molar-refractivity contribution in [3.63, 3.8) is 0 Å². The number of halogens is 5. The van der Waals surface area contributed by atoms with E-state index in [4.69, 9.17) is 23.2 Å². The zero-order valence-corrected chi connectivity index (χ0v) is 7.91. The first kappa shape index (κ1) is 11.3. The van der Waals surface area contributed by atoms with Crippen molar-refractivity contribution in [1.82, 2.24) is 4.98 Å². The van der Waals surface area contributed by atoms with Gasteiger partial charge in [-0.05, 0) is 6.07 Å². The van der Waals surface area contributed by atoms with Crippen molar-refractivity contribution >= 4 is 29.0 Å². The molecule has 7 heteroatoms. The van der Waals surface area contributed by atoms with Crippen molar-refractivity contribution in [3.05, 3.63) is 28.0 Å². The summed E-state index contributed by atoms with van der Waals surface area (Å²) in [5, 5.41) is -0.924. The predicted molar refractivity (Wildman–Crippen MR) is 44.6 cm³/mol. The molecule has 0 N–H and O–H groups in total. The van der Waals surface area contributed by atoms with E-state index < -0.39 is 22.7 Å². The van der Waals surface area contributed by atoms with Crippen LogP contribution in [0.3, 0.4) is 0 Å². The highest BCUT2D eigenvalue weighted by molar-refractivity contribution is 6.39. The summed E-state index contributed by atoms with van der Waals surface area (Å²) in [4.78, 5) is 14.1. The summed E-state index contributed by atoms with van der Waals surface area (Å²) in [6.07, 6.45) is -3.89. The first-order chi connectivity index (χ1) is 6.34. The molecule has 2 nitrogen and oxygen atoms in total. The summed E-state index contributed by atoms with van der Waals surface area (Å²) in [6.45, 7) is 0. The Balaban J connectivity index is 3.26. The molecule has 0 aromatic carbocycles. The average Bonchev–Trinajstić information content (AvgIpc) is 2.01. The van der Waals surface area contributed by atoms with Gasteiger partial charge in [0.05, 0.1) is 10.6 Å². The maximum atomic E-state index is 12.0. The second kappa shape index (κ2) is 3.74.